The van der Waals surface area contributed by atoms with E-state index in [0.29, 0.717) is 30.6 Å². The van der Waals surface area contributed by atoms with Gasteiger partial charge in [0, 0.05) is 17.7 Å². The number of amides is 3. The molecule has 1 rings (SSSR count). The summed E-state index contributed by atoms with van der Waals surface area (Å²) in [4.78, 5) is 38.7. The minimum absolute atomic E-state index is 0.171. The van der Waals surface area contributed by atoms with Gasteiger partial charge in [-0.1, -0.05) is 25.8 Å². The highest BCUT2D eigenvalue weighted by Crippen LogP contribution is 2.29. The molecule has 0 aromatic rings. The third-order valence-electron chi connectivity index (χ3n) is 4.57. The second-order valence-electron chi connectivity index (χ2n) is 7.07. The van der Waals surface area contributed by atoms with E-state index < -0.39 is 42.0 Å². The van der Waals surface area contributed by atoms with Crippen molar-refractivity contribution >= 4 is 17.7 Å². The lowest BCUT2D eigenvalue weighted by Crippen LogP contribution is -2.58. The molecule has 0 spiro atoms. The van der Waals surface area contributed by atoms with Crippen molar-refractivity contribution in [3.63, 3.8) is 0 Å². The van der Waals surface area contributed by atoms with Crippen LogP contribution in [0, 0.1) is 0 Å². The quantitative estimate of drug-likeness (QED) is 0.691. The lowest BCUT2D eigenvalue weighted by molar-refractivity contribution is -0.192. The fourth-order valence-corrected chi connectivity index (χ4v) is 3.32. The van der Waals surface area contributed by atoms with Crippen molar-refractivity contribution in [2.45, 2.75) is 84.1 Å². The minimum atomic E-state index is -5.14. The summed E-state index contributed by atoms with van der Waals surface area (Å²) in [6.07, 6.45) is -2.28. The van der Waals surface area contributed by atoms with E-state index in [9.17, 15) is 27.6 Å². The number of nitrogens with zero attached hydrogens (tertiary/aromatic N) is 2. The van der Waals surface area contributed by atoms with Crippen molar-refractivity contribution in [1.82, 2.24) is 9.80 Å². The monoisotopic (exact) mass is 376 g/mol. The molecule has 1 aliphatic rings. The first-order valence-corrected chi connectivity index (χ1v) is 8.82. The van der Waals surface area contributed by atoms with Crippen LogP contribution < -0.4 is 0 Å². The largest absolute Gasteiger partial charge is 0.471 e. The third kappa shape index (κ3) is 5.08. The molecule has 1 aliphatic carbocycles. The molecule has 0 aliphatic heterocycles. The zero-order valence-electron chi connectivity index (χ0n) is 15.7. The number of halogens is 3. The van der Waals surface area contributed by atoms with Gasteiger partial charge >= 0.3 is 12.1 Å². The highest BCUT2D eigenvalue weighted by molar-refractivity contribution is 6.03. The number of carbonyl (C=O) groups excluding carboxylic acids is 3. The maximum absolute atomic E-state index is 13.1. The van der Waals surface area contributed by atoms with Gasteiger partial charge in [-0.2, -0.15) is 13.2 Å². The van der Waals surface area contributed by atoms with E-state index in [-0.39, 0.29) is 5.57 Å². The van der Waals surface area contributed by atoms with Crippen molar-refractivity contribution in [1.29, 1.82) is 0 Å². The molecule has 1 saturated carbocycles. The minimum Gasteiger partial charge on any atom is -0.325 e. The molecule has 8 heteroatoms. The molecule has 0 saturated heterocycles. The van der Waals surface area contributed by atoms with Crippen LogP contribution >= 0.6 is 0 Å². The Kier molecular flexibility index (Phi) is 7.41. The van der Waals surface area contributed by atoms with Crippen LogP contribution in [0.25, 0.3) is 0 Å². The molecule has 0 aromatic heterocycles. The molecule has 26 heavy (non-hydrogen) atoms. The molecule has 1 unspecified atom stereocenters. The molecule has 0 N–H and O–H groups in total. The highest BCUT2D eigenvalue weighted by atomic mass is 19.4. The molecular weight excluding hydrogens is 349 g/mol. The Hall–Kier alpha value is -1.86. The Labute approximate surface area is 152 Å². The predicted octanol–water partition coefficient (Wildman–Crippen LogP) is 3.44. The van der Waals surface area contributed by atoms with Gasteiger partial charge in [-0.25, -0.2) is 0 Å². The summed E-state index contributed by atoms with van der Waals surface area (Å²) in [7, 11) is 0. The van der Waals surface area contributed by atoms with Crippen LogP contribution in [-0.2, 0) is 14.4 Å². The Morgan fingerprint density at radius 2 is 1.54 bits per heavy atom. The van der Waals surface area contributed by atoms with Crippen LogP contribution in [-0.4, -0.2) is 51.8 Å². The number of rotatable bonds is 5. The zero-order chi connectivity index (χ0) is 20.2. The Balaban J connectivity index is 3.22. The van der Waals surface area contributed by atoms with Crippen molar-refractivity contribution in [3.8, 4) is 0 Å². The van der Waals surface area contributed by atoms with Gasteiger partial charge in [-0.15, -0.1) is 0 Å². The number of carbonyl (C=O) groups is 3. The molecule has 148 valence electrons. The topological polar surface area (TPSA) is 57.7 Å². The van der Waals surface area contributed by atoms with Crippen LogP contribution in [0.5, 0.6) is 0 Å². The normalized spacial score (nSPS) is 16.9. The van der Waals surface area contributed by atoms with Gasteiger partial charge < -0.3 is 4.90 Å². The fourth-order valence-electron chi connectivity index (χ4n) is 3.32. The van der Waals surface area contributed by atoms with Crippen LogP contribution in [0.3, 0.4) is 0 Å². The number of hydrogen-bond donors (Lipinski definition) is 0. The maximum Gasteiger partial charge on any atom is 0.471 e. The summed E-state index contributed by atoms with van der Waals surface area (Å²) in [6, 6.07) is -2.43. The summed E-state index contributed by atoms with van der Waals surface area (Å²) in [5.41, 5.74) is 0.171. The summed E-state index contributed by atoms with van der Waals surface area (Å²) in [5.74, 6) is -3.68. The summed E-state index contributed by atoms with van der Waals surface area (Å²) >= 11 is 0. The second kappa shape index (κ2) is 8.68. The lowest BCUT2D eigenvalue weighted by Gasteiger charge is -2.38. The average molecular weight is 376 g/mol. The summed E-state index contributed by atoms with van der Waals surface area (Å²) < 4.78 is 39.3. The van der Waals surface area contributed by atoms with Crippen molar-refractivity contribution in [3.05, 3.63) is 12.2 Å². The Bertz CT molecular complexity index is 567. The highest BCUT2D eigenvalue weighted by Gasteiger charge is 2.49. The standard InChI is InChI=1S/C18H27F3N2O3/c1-11(2)15(24)22(12(3)4)13(5)16(25)23(17(26)18(19,20)21)14-9-7-6-8-10-14/h12-14H,1,6-10H2,2-5H3. The van der Waals surface area contributed by atoms with Gasteiger partial charge in [-0.3, -0.25) is 19.3 Å². The molecule has 3 amide bonds. The van der Waals surface area contributed by atoms with E-state index in [1.54, 1.807) is 13.8 Å². The first-order chi connectivity index (χ1) is 11.9. The fraction of sp³-hybridized carbons (Fsp3) is 0.722. The van der Waals surface area contributed by atoms with Gasteiger partial charge in [0.1, 0.15) is 6.04 Å². The molecule has 0 aromatic carbocycles. The molecular formula is C18H27F3N2O3. The van der Waals surface area contributed by atoms with Gasteiger partial charge in [-0.05, 0) is 40.5 Å². The Morgan fingerprint density at radius 1 is 1.04 bits per heavy atom. The molecule has 5 nitrogen and oxygen atoms in total. The van der Waals surface area contributed by atoms with E-state index in [4.69, 9.17) is 0 Å². The molecule has 0 heterocycles. The van der Waals surface area contributed by atoms with Crippen molar-refractivity contribution < 1.29 is 27.6 Å². The number of hydrogen-bond acceptors (Lipinski definition) is 3. The van der Waals surface area contributed by atoms with Gasteiger partial charge in [0.05, 0.1) is 0 Å². The van der Waals surface area contributed by atoms with E-state index in [1.807, 2.05) is 0 Å². The van der Waals surface area contributed by atoms with Crippen LogP contribution in [0.1, 0.15) is 59.8 Å². The number of alkyl halides is 3. The van der Waals surface area contributed by atoms with E-state index in [2.05, 4.69) is 6.58 Å². The summed E-state index contributed by atoms with van der Waals surface area (Å²) in [6.45, 7) is 9.67. The van der Waals surface area contributed by atoms with Gasteiger partial charge in [0.15, 0.2) is 0 Å². The second-order valence-corrected chi connectivity index (χ2v) is 7.07. The van der Waals surface area contributed by atoms with E-state index in [0.717, 1.165) is 6.42 Å². The SMILES string of the molecule is C=C(C)C(=O)N(C(C)C)C(C)C(=O)N(C(=O)C(F)(F)F)C1CCCCC1. The third-order valence-corrected chi connectivity index (χ3v) is 4.57. The van der Waals surface area contributed by atoms with E-state index in [1.165, 1.54) is 18.7 Å². The molecule has 1 fully saturated rings. The average Bonchev–Trinajstić information content (AvgIpc) is 2.54. The van der Waals surface area contributed by atoms with Crippen LogP contribution in [0.2, 0.25) is 0 Å². The van der Waals surface area contributed by atoms with Gasteiger partial charge in [0.25, 0.3) is 5.91 Å². The van der Waals surface area contributed by atoms with Gasteiger partial charge in [0.2, 0.25) is 5.91 Å². The van der Waals surface area contributed by atoms with Crippen molar-refractivity contribution in [2.24, 2.45) is 0 Å². The predicted molar refractivity (Wildman–Crippen MR) is 91.0 cm³/mol. The Morgan fingerprint density at radius 3 is 1.92 bits per heavy atom. The summed E-state index contributed by atoms with van der Waals surface area (Å²) in [5, 5.41) is 0. The molecule has 0 radical (unpaired) electrons. The molecule has 1 atom stereocenters. The zero-order valence-corrected chi connectivity index (χ0v) is 15.7. The van der Waals surface area contributed by atoms with E-state index >= 15 is 0 Å². The first-order valence-electron chi connectivity index (χ1n) is 8.82. The maximum atomic E-state index is 13.1. The van der Waals surface area contributed by atoms with Crippen molar-refractivity contribution in [2.75, 3.05) is 0 Å². The number of imide groups is 1. The first kappa shape index (κ1) is 22.2. The van der Waals surface area contributed by atoms with Crippen LogP contribution in [0.4, 0.5) is 13.2 Å². The molecule has 0 bridgehead atoms. The smallest absolute Gasteiger partial charge is 0.325 e. The lowest BCUT2D eigenvalue weighted by atomic mass is 9.93. The van der Waals surface area contributed by atoms with Crippen LogP contribution in [0.15, 0.2) is 12.2 Å².